The molecule has 0 atom stereocenters. The summed E-state index contributed by atoms with van der Waals surface area (Å²) in [5, 5.41) is 18.4. The molecule has 9 heteroatoms. The van der Waals surface area contributed by atoms with Crippen LogP contribution in [-0.2, 0) is 20.1 Å². The van der Waals surface area contributed by atoms with Crippen molar-refractivity contribution < 1.29 is 19.1 Å². The number of amides is 2. The van der Waals surface area contributed by atoms with E-state index in [1.165, 1.54) is 44.2 Å². The fourth-order valence-electron chi connectivity index (χ4n) is 4.34. The van der Waals surface area contributed by atoms with Crippen LogP contribution >= 0.6 is 0 Å². The van der Waals surface area contributed by atoms with Crippen LogP contribution in [0, 0.1) is 12.7 Å². The molecule has 35 heavy (non-hydrogen) atoms. The molecule has 3 aromatic rings. The van der Waals surface area contributed by atoms with Gasteiger partial charge in [0.1, 0.15) is 11.6 Å². The normalized spacial score (nSPS) is 14.1. The van der Waals surface area contributed by atoms with Crippen LogP contribution in [0.5, 0.6) is 0 Å². The molecule has 0 unspecified atom stereocenters. The van der Waals surface area contributed by atoms with Crippen molar-refractivity contribution in [3.63, 3.8) is 0 Å². The van der Waals surface area contributed by atoms with Gasteiger partial charge in [0.05, 0.1) is 24.1 Å². The van der Waals surface area contributed by atoms with E-state index in [-0.39, 0.29) is 30.1 Å². The van der Waals surface area contributed by atoms with Crippen LogP contribution in [0.3, 0.4) is 0 Å². The Morgan fingerprint density at radius 2 is 1.83 bits per heavy atom. The van der Waals surface area contributed by atoms with E-state index in [1.54, 1.807) is 15.8 Å². The zero-order chi connectivity index (χ0) is 24.9. The minimum atomic E-state index is -1.24. The van der Waals surface area contributed by atoms with Gasteiger partial charge in [0.2, 0.25) is 0 Å². The highest BCUT2D eigenvalue weighted by Crippen LogP contribution is 2.37. The smallest absolute Gasteiger partial charge is 0.404 e. The van der Waals surface area contributed by atoms with Gasteiger partial charge in [0, 0.05) is 30.3 Å². The number of hydrogen-bond donors (Lipinski definition) is 3. The number of hydrogen-bond acceptors (Lipinski definition) is 4. The Balaban J connectivity index is 0.000000514. The molecular weight excluding hydrogens is 449 g/mol. The molecule has 5 rings (SSSR count). The molecule has 1 aliphatic carbocycles. The van der Waals surface area contributed by atoms with Crippen LogP contribution in [0.25, 0.3) is 0 Å². The lowest BCUT2D eigenvalue weighted by atomic mass is 10.1. The Morgan fingerprint density at radius 3 is 2.49 bits per heavy atom. The lowest BCUT2D eigenvalue weighted by molar-refractivity contribution is 0.0985. The lowest BCUT2D eigenvalue weighted by Gasteiger charge is -2.23. The Bertz CT molecular complexity index is 1230. The Morgan fingerprint density at radius 1 is 1.11 bits per heavy atom. The maximum atomic E-state index is 14.5. The van der Waals surface area contributed by atoms with Crippen molar-refractivity contribution in [1.29, 1.82) is 0 Å². The lowest BCUT2D eigenvalue weighted by Crippen LogP contribution is -2.30. The highest BCUT2D eigenvalue weighted by molar-refractivity contribution is 6.08. The molecule has 2 heterocycles. The number of carbonyl (C=O) groups excluding carboxylic acids is 1. The van der Waals surface area contributed by atoms with Crippen molar-refractivity contribution in [2.75, 3.05) is 10.2 Å². The van der Waals surface area contributed by atoms with Gasteiger partial charge in [-0.05, 0) is 36.8 Å². The van der Waals surface area contributed by atoms with Gasteiger partial charge < -0.3 is 20.6 Å². The van der Waals surface area contributed by atoms with E-state index in [0.29, 0.717) is 5.69 Å². The van der Waals surface area contributed by atoms with Crippen LogP contribution in [0.2, 0.25) is 0 Å². The van der Waals surface area contributed by atoms with Crippen LogP contribution in [0.1, 0.15) is 59.2 Å². The largest absolute Gasteiger partial charge is 0.465 e. The summed E-state index contributed by atoms with van der Waals surface area (Å²) in [6.45, 7) is 2.06. The third-order valence-electron chi connectivity index (χ3n) is 6.26. The van der Waals surface area contributed by atoms with E-state index in [4.69, 9.17) is 5.11 Å². The Hall–Kier alpha value is -3.88. The van der Waals surface area contributed by atoms with Crippen molar-refractivity contribution in [1.82, 2.24) is 15.1 Å². The highest BCUT2D eigenvalue weighted by Gasteiger charge is 2.27. The first kappa shape index (κ1) is 24.3. The number of nitrogens with zero attached hydrogens (tertiary/aromatic N) is 3. The molecule has 3 N–H and O–H groups in total. The van der Waals surface area contributed by atoms with E-state index in [0.717, 1.165) is 28.7 Å². The summed E-state index contributed by atoms with van der Waals surface area (Å²) in [7, 11) is 1.82. The summed E-state index contributed by atoms with van der Waals surface area (Å²) in [5.41, 5.74) is 3.64. The van der Waals surface area contributed by atoms with Crippen LogP contribution in [0.15, 0.2) is 42.6 Å². The number of fused-ring (bicyclic) bond motifs is 2. The molecule has 0 bridgehead atoms. The van der Waals surface area contributed by atoms with Gasteiger partial charge in [-0.15, -0.1) is 0 Å². The van der Waals surface area contributed by atoms with E-state index in [1.807, 2.05) is 32.2 Å². The standard InChI is InChI=1S/C21H20FN5O3.C5H10/c1-12-3-6-18-17(7-12)25-19-15(10-24-26(19)2)11-27(18)20(28)13-4-5-14(16(22)8-13)9-23-21(29)30;1-2-4-5-3-1/h3-8,10,23,25H,9,11H2,1-2H3,(H,29,30);1-5H2. The zero-order valence-corrected chi connectivity index (χ0v) is 20.0. The van der Waals surface area contributed by atoms with Crippen LogP contribution in [0.4, 0.5) is 26.4 Å². The third kappa shape index (κ3) is 5.62. The second-order valence-corrected chi connectivity index (χ2v) is 8.91. The molecule has 184 valence electrons. The van der Waals surface area contributed by atoms with Gasteiger partial charge in [0.25, 0.3) is 5.91 Å². The second-order valence-electron chi connectivity index (χ2n) is 8.91. The minimum Gasteiger partial charge on any atom is -0.465 e. The second kappa shape index (κ2) is 10.6. The molecule has 1 aromatic heterocycles. The summed E-state index contributed by atoms with van der Waals surface area (Å²) in [4.78, 5) is 25.6. The monoisotopic (exact) mass is 479 g/mol. The van der Waals surface area contributed by atoms with Crippen LogP contribution < -0.4 is 15.5 Å². The number of carbonyl (C=O) groups is 2. The maximum Gasteiger partial charge on any atom is 0.404 e. The van der Waals surface area contributed by atoms with E-state index in [9.17, 15) is 14.0 Å². The fraction of sp³-hybridized carbons (Fsp3) is 0.346. The predicted octanol–water partition coefficient (Wildman–Crippen LogP) is 5.49. The molecule has 8 nitrogen and oxygen atoms in total. The van der Waals surface area contributed by atoms with Gasteiger partial charge in [-0.25, -0.2) is 9.18 Å². The summed E-state index contributed by atoms with van der Waals surface area (Å²) < 4.78 is 16.2. The van der Waals surface area contributed by atoms with Crippen molar-refractivity contribution in [2.24, 2.45) is 7.05 Å². The molecule has 1 saturated carbocycles. The highest BCUT2D eigenvalue weighted by atomic mass is 19.1. The molecule has 1 aliphatic heterocycles. The quantitative estimate of drug-likeness (QED) is 0.461. The van der Waals surface area contributed by atoms with Crippen molar-refractivity contribution in [2.45, 2.75) is 52.1 Å². The van der Waals surface area contributed by atoms with Crippen molar-refractivity contribution >= 4 is 29.2 Å². The maximum absolute atomic E-state index is 14.5. The number of aromatic nitrogens is 2. The zero-order valence-electron chi connectivity index (χ0n) is 20.0. The number of benzene rings is 2. The number of aryl methyl sites for hydroxylation is 2. The molecule has 0 spiro atoms. The first-order chi connectivity index (χ1) is 16.8. The first-order valence-electron chi connectivity index (χ1n) is 11.8. The van der Waals surface area contributed by atoms with Gasteiger partial charge in [-0.2, -0.15) is 5.10 Å². The molecule has 0 radical (unpaired) electrons. The van der Waals surface area contributed by atoms with Gasteiger partial charge in [-0.3, -0.25) is 9.48 Å². The van der Waals surface area contributed by atoms with E-state index >= 15 is 0 Å². The minimum absolute atomic E-state index is 0.164. The number of anilines is 3. The number of halogens is 1. The molecule has 2 aromatic carbocycles. The van der Waals surface area contributed by atoms with Gasteiger partial charge >= 0.3 is 6.09 Å². The summed E-state index contributed by atoms with van der Waals surface area (Å²) in [5.74, 6) is -0.220. The van der Waals surface area contributed by atoms with E-state index in [2.05, 4.69) is 15.7 Å². The number of carboxylic acid groups (broad SMARTS) is 1. The van der Waals surface area contributed by atoms with E-state index < -0.39 is 11.9 Å². The summed E-state index contributed by atoms with van der Waals surface area (Å²) in [6.07, 6.45) is 7.95. The summed E-state index contributed by atoms with van der Waals surface area (Å²) in [6, 6.07) is 9.77. The first-order valence-corrected chi connectivity index (χ1v) is 11.8. The molecule has 2 aliphatic rings. The molecule has 0 saturated heterocycles. The average molecular weight is 480 g/mol. The SMILES string of the molecule is C1CCCC1.Cc1ccc2c(c1)Nc1c(cnn1C)CN2C(=O)c1ccc(CNC(=O)O)c(F)c1. The van der Waals surface area contributed by atoms with Crippen LogP contribution in [-0.4, -0.2) is 26.9 Å². The fourth-order valence-corrected chi connectivity index (χ4v) is 4.34. The Kier molecular flexibility index (Phi) is 7.33. The third-order valence-corrected chi connectivity index (χ3v) is 6.26. The van der Waals surface area contributed by atoms with Crippen molar-refractivity contribution in [3.8, 4) is 0 Å². The molecule has 2 amide bonds. The van der Waals surface area contributed by atoms with Crippen molar-refractivity contribution in [3.05, 3.63) is 70.7 Å². The summed E-state index contributed by atoms with van der Waals surface area (Å²) >= 11 is 0. The molecular formula is C26H30FN5O3. The molecule has 1 fully saturated rings. The van der Waals surface area contributed by atoms with Gasteiger partial charge in [0.15, 0.2) is 0 Å². The number of rotatable bonds is 3. The average Bonchev–Trinajstić information content (AvgIpc) is 3.49. The van der Waals surface area contributed by atoms with Gasteiger partial charge in [-0.1, -0.05) is 44.2 Å². The predicted molar refractivity (Wildman–Crippen MR) is 133 cm³/mol. The number of nitrogens with one attached hydrogen (secondary N) is 2. The Labute approximate surface area is 203 Å². The topological polar surface area (TPSA) is 99.5 Å².